The van der Waals surface area contributed by atoms with Gasteiger partial charge in [-0.15, -0.1) is 0 Å². The first-order chi connectivity index (χ1) is 13.1. The van der Waals surface area contributed by atoms with Gasteiger partial charge in [-0.2, -0.15) is 5.26 Å². The predicted octanol–water partition coefficient (Wildman–Crippen LogP) is 2.08. The highest BCUT2D eigenvalue weighted by Gasteiger charge is 2.14. The third kappa shape index (κ3) is 5.38. The van der Waals surface area contributed by atoms with Gasteiger partial charge in [0, 0.05) is 30.0 Å². The Morgan fingerprint density at radius 3 is 2.15 bits per heavy atom. The van der Waals surface area contributed by atoms with Crippen LogP contribution in [0.25, 0.3) is 0 Å². The molecule has 1 saturated heterocycles. The highest BCUT2D eigenvalue weighted by Crippen LogP contribution is 2.15. The zero-order valence-electron chi connectivity index (χ0n) is 14.8. The second kappa shape index (κ2) is 8.94. The van der Waals surface area contributed by atoms with Crippen LogP contribution in [0.1, 0.15) is 15.9 Å². The summed E-state index contributed by atoms with van der Waals surface area (Å²) in [5.41, 5.74) is 2.26. The first kappa shape index (κ1) is 18.6. The van der Waals surface area contributed by atoms with Crippen LogP contribution in [0.2, 0.25) is 0 Å². The average molecular weight is 364 g/mol. The van der Waals surface area contributed by atoms with E-state index in [0.717, 1.165) is 13.1 Å². The maximum atomic E-state index is 12.2. The van der Waals surface area contributed by atoms with Crippen molar-refractivity contribution in [1.29, 1.82) is 5.26 Å². The molecule has 0 aromatic heterocycles. The maximum Gasteiger partial charge on any atom is 0.255 e. The summed E-state index contributed by atoms with van der Waals surface area (Å²) < 4.78 is 5.27. The molecule has 0 spiro atoms. The van der Waals surface area contributed by atoms with E-state index in [1.165, 1.54) is 0 Å². The number of morpholine rings is 1. The molecule has 2 aromatic rings. The van der Waals surface area contributed by atoms with Gasteiger partial charge in [0.1, 0.15) is 0 Å². The molecule has 1 aliphatic rings. The van der Waals surface area contributed by atoms with Crippen molar-refractivity contribution in [3.8, 4) is 6.07 Å². The number of nitriles is 1. The molecule has 1 fully saturated rings. The fourth-order valence-electron chi connectivity index (χ4n) is 2.70. The second-order valence-electron chi connectivity index (χ2n) is 6.16. The highest BCUT2D eigenvalue weighted by atomic mass is 16.5. The van der Waals surface area contributed by atoms with E-state index in [4.69, 9.17) is 10.00 Å². The van der Waals surface area contributed by atoms with Gasteiger partial charge < -0.3 is 15.4 Å². The van der Waals surface area contributed by atoms with Crippen LogP contribution in [0.4, 0.5) is 11.4 Å². The van der Waals surface area contributed by atoms with Gasteiger partial charge in [0.15, 0.2) is 0 Å². The molecule has 7 nitrogen and oxygen atoms in total. The molecule has 7 heteroatoms. The van der Waals surface area contributed by atoms with Gasteiger partial charge in [0.25, 0.3) is 5.91 Å². The number of benzene rings is 2. The van der Waals surface area contributed by atoms with Gasteiger partial charge in [-0.3, -0.25) is 14.5 Å². The summed E-state index contributed by atoms with van der Waals surface area (Å²) >= 11 is 0. The smallest absolute Gasteiger partial charge is 0.255 e. The van der Waals surface area contributed by atoms with Crippen LogP contribution in [0.5, 0.6) is 0 Å². The SMILES string of the molecule is N#Cc1ccc(C(=O)Nc2ccc(NC(=O)CN3CCOCC3)cc2)cc1. The molecule has 0 unspecified atom stereocenters. The van der Waals surface area contributed by atoms with Gasteiger partial charge >= 0.3 is 0 Å². The van der Waals surface area contributed by atoms with E-state index < -0.39 is 0 Å². The minimum atomic E-state index is -0.261. The summed E-state index contributed by atoms with van der Waals surface area (Å²) in [6.45, 7) is 3.16. The molecule has 2 amide bonds. The summed E-state index contributed by atoms with van der Waals surface area (Å²) in [6.07, 6.45) is 0. The molecule has 2 N–H and O–H groups in total. The van der Waals surface area contributed by atoms with Gasteiger partial charge in [-0.25, -0.2) is 0 Å². The van der Waals surface area contributed by atoms with Crippen molar-refractivity contribution in [2.24, 2.45) is 0 Å². The number of carbonyl (C=O) groups excluding carboxylic acids is 2. The molecule has 2 aromatic carbocycles. The Balaban J connectivity index is 1.52. The summed E-state index contributed by atoms with van der Waals surface area (Å²) in [6, 6.07) is 15.4. The van der Waals surface area contributed by atoms with Crippen molar-refractivity contribution in [1.82, 2.24) is 4.90 Å². The lowest BCUT2D eigenvalue weighted by molar-refractivity contribution is -0.118. The zero-order valence-corrected chi connectivity index (χ0v) is 14.8. The summed E-state index contributed by atoms with van der Waals surface area (Å²) in [4.78, 5) is 26.4. The summed E-state index contributed by atoms with van der Waals surface area (Å²) in [7, 11) is 0. The van der Waals surface area contributed by atoms with Crippen LogP contribution in [0.15, 0.2) is 48.5 Å². The van der Waals surface area contributed by atoms with Crippen LogP contribution in [-0.2, 0) is 9.53 Å². The van der Waals surface area contributed by atoms with Crippen molar-refractivity contribution in [3.63, 3.8) is 0 Å². The predicted molar refractivity (Wildman–Crippen MR) is 101 cm³/mol. The molecular weight excluding hydrogens is 344 g/mol. The zero-order chi connectivity index (χ0) is 19.1. The van der Waals surface area contributed by atoms with Gasteiger partial charge in [0.05, 0.1) is 31.4 Å². The van der Waals surface area contributed by atoms with Gasteiger partial charge in [0.2, 0.25) is 5.91 Å². The molecule has 3 rings (SSSR count). The van der Waals surface area contributed by atoms with E-state index >= 15 is 0 Å². The Bertz CT molecular complexity index is 835. The van der Waals surface area contributed by atoms with E-state index in [0.29, 0.717) is 42.3 Å². The number of nitrogens with zero attached hydrogens (tertiary/aromatic N) is 2. The van der Waals surface area contributed by atoms with Crippen molar-refractivity contribution in [3.05, 3.63) is 59.7 Å². The Labute approximate surface area is 157 Å². The number of nitrogens with one attached hydrogen (secondary N) is 2. The van der Waals surface area contributed by atoms with E-state index in [-0.39, 0.29) is 11.8 Å². The van der Waals surface area contributed by atoms with Crippen molar-refractivity contribution in [2.45, 2.75) is 0 Å². The number of amides is 2. The monoisotopic (exact) mass is 364 g/mol. The van der Waals surface area contributed by atoms with Crippen LogP contribution >= 0.6 is 0 Å². The van der Waals surface area contributed by atoms with Crippen LogP contribution in [0, 0.1) is 11.3 Å². The van der Waals surface area contributed by atoms with Crippen LogP contribution < -0.4 is 10.6 Å². The molecule has 1 heterocycles. The minimum absolute atomic E-state index is 0.0775. The van der Waals surface area contributed by atoms with Crippen molar-refractivity contribution < 1.29 is 14.3 Å². The number of hydrogen-bond acceptors (Lipinski definition) is 5. The second-order valence-corrected chi connectivity index (χ2v) is 6.16. The minimum Gasteiger partial charge on any atom is -0.379 e. The molecule has 0 bridgehead atoms. The Hall–Kier alpha value is -3.21. The molecule has 0 saturated carbocycles. The highest BCUT2D eigenvalue weighted by molar-refractivity contribution is 6.04. The Kier molecular flexibility index (Phi) is 6.15. The first-order valence-electron chi connectivity index (χ1n) is 8.65. The quantitative estimate of drug-likeness (QED) is 0.847. The van der Waals surface area contributed by atoms with E-state index in [2.05, 4.69) is 10.6 Å². The van der Waals surface area contributed by atoms with Crippen molar-refractivity contribution >= 4 is 23.2 Å². The number of rotatable bonds is 5. The average Bonchev–Trinajstić information content (AvgIpc) is 2.70. The number of hydrogen-bond donors (Lipinski definition) is 2. The van der Waals surface area contributed by atoms with E-state index in [1.54, 1.807) is 48.5 Å². The lowest BCUT2D eigenvalue weighted by Gasteiger charge is -2.25. The Morgan fingerprint density at radius 1 is 0.963 bits per heavy atom. The fourth-order valence-corrected chi connectivity index (χ4v) is 2.70. The third-order valence-corrected chi connectivity index (χ3v) is 4.17. The molecule has 0 aliphatic carbocycles. The molecule has 1 aliphatic heterocycles. The maximum absolute atomic E-state index is 12.2. The molecule has 27 heavy (non-hydrogen) atoms. The Morgan fingerprint density at radius 2 is 1.56 bits per heavy atom. The van der Waals surface area contributed by atoms with Crippen molar-refractivity contribution in [2.75, 3.05) is 43.5 Å². The topological polar surface area (TPSA) is 94.5 Å². The summed E-state index contributed by atoms with van der Waals surface area (Å²) in [5, 5.41) is 14.4. The van der Waals surface area contributed by atoms with Gasteiger partial charge in [-0.1, -0.05) is 0 Å². The normalized spacial score (nSPS) is 14.2. The molecule has 0 atom stereocenters. The largest absolute Gasteiger partial charge is 0.379 e. The number of carbonyl (C=O) groups is 2. The lowest BCUT2D eigenvalue weighted by Crippen LogP contribution is -2.41. The number of anilines is 2. The van der Waals surface area contributed by atoms with E-state index in [1.807, 2.05) is 11.0 Å². The first-order valence-corrected chi connectivity index (χ1v) is 8.65. The molecule has 138 valence electrons. The summed E-state index contributed by atoms with van der Waals surface area (Å²) in [5.74, 6) is -0.338. The van der Waals surface area contributed by atoms with Crippen LogP contribution in [0.3, 0.4) is 0 Å². The number of ether oxygens (including phenoxy) is 1. The molecule has 0 radical (unpaired) electrons. The van der Waals surface area contributed by atoms with Gasteiger partial charge in [-0.05, 0) is 48.5 Å². The molecular formula is C20H20N4O3. The van der Waals surface area contributed by atoms with Crippen LogP contribution in [-0.4, -0.2) is 49.6 Å². The third-order valence-electron chi connectivity index (χ3n) is 4.17. The fraction of sp³-hybridized carbons (Fsp3) is 0.250. The standard InChI is InChI=1S/C20H20N4O3/c21-13-15-1-3-16(4-2-15)20(26)23-18-7-5-17(6-8-18)22-19(25)14-24-9-11-27-12-10-24/h1-8H,9-12,14H2,(H,22,25)(H,23,26). The lowest BCUT2D eigenvalue weighted by atomic mass is 10.1. The van der Waals surface area contributed by atoms with E-state index in [9.17, 15) is 9.59 Å².